The normalized spacial score (nSPS) is 10.8. The highest BCUT2D eigenvalue weighted by Gasteiger charge is 2.18. The number of phenolic OH excluding ortho intramolecular Hbond substituents is 2. The number of nitrogens with zero attached hydrogens (tertiary/aromatic N) is 3. The number of fused-ring (bicyclic) bond motifs is 1. The predicted molar refractivity (Wildman–Crippen MR) is 129 cm³/mol. The SMILES string of the molecule is CC.CCCCn1ccc2c(-n3c(-c4cc(CC)c(O)cc4O)n[nH]c3=S)cccc21. The molecule has 0 aliphatic heterocycles. The average Bonchev–Trinajstić information content (AvgIpc) is 3.37. The van der Waals surface area contributed by atoms with Gasteiger partial charge in [0.1, 0.15) is 11.5 Å². The van der Waals surface area contributed by atoms with Crippen LogP contribution in [0, 0.1) is 4.77 Å². The zero-order valence-electron chi connectivity index (χ0n) is 18.5. The van der Waals surface area contributed by atoms with Crippen LogP contribution in [0.2, 0.25) is 0 Å². The van der Waals surface area contributed by atoms with E-state index in [1.54, 1.807) is 6.07 Å². The molecular formula is C24H30N4O2S. The first kappa shape index (κ1) is 22.6. The molecule has 2 aromatic heterocycles. The van der Waals surface area contributed by atoms with Crippen molar-refractivity contribution < 1.29 is 10.2 Å². The zero-order chi connectivity index (χ0) is 22.5. The number of aryl methyl sites for hydroxylation is 2. The number of hydrogen-bond acceptors (Lipinski definition) is 4. The van der Waals surface area contributed by atoms with Gasteiger partial charge in [0.2, 0.25) is 0 Å². The Hall–Kier alpha value is -3.06. The molecule has 0 unspecified atom stereocenters. The first-order valence-corrected chi connectivity index (χ1v) is 11.3. The van der Waals surface area contributed by atoms with Crippen molar-refractivity contribution in [2.45, 2.75) is 53.5 Å². The molecule has 164 valence electrons. The van der Waals surface area contributed by atoms with Gasteiger partial charge in [0.05, 0.1) is 16.8 Å². The number of aromatic hydroxyl groups is 2. The van der Waals surface area contributed by atoms with Gasteiger partial charge in [-0.2, -0.15) is 5.10 Å². The van der Waals surface area contributed by atoms with Crippen LogP contribution in [0.1, 0.15) is 46.1 Å². The van der Waals surface area contributed by atoms with Crippen LogP contribution in [0.15, 0.2) is 42.6 Å². The molecule has 0 spiro atoms. The molecule has 2 aromatic carbocycles. The van der Waals surface area contributed by atoms with Crippen LogP contribution in [0.3, 0.4) is 0 Å². The lowest BCUT2D eigenvalue weighted by Crippen LogP contribution is -2.00. The van der Waals surface area contributed by atoms with Crippen molar-refractivity contribution >= 4 is 23.1 Å². The summed E-state index contributed by atoms with van der Waals surface area (Å²) in [6.45, 7) is 9.10. The minimum atomic E-state index is -0.0392. The number of hydrogen-bond donors (Lipinski definition) is 3. The summed E-state index contributed by atoms with van der Waals surface area (Å²) in [6.07, 6.45) is 4.99. The summed E-state index contributed by atoms with van der Waals surface area (Å²) in [6, 6.07) is 11.3. The molecule has 0 fully saturated rings. The molecule has 7 heteroatoms. The monoisotopic (exact) mass is 438 g/mol. The molecule has 0 saturated heterocycles. The third kappa shape index (κ3) is 4.23. The summed E-state index contributed by atoms with van der Waals surface area (Å²) >= 11 is 5.53. The molecule has 6 nitrogen and oxygen atoms in total. The number of phenols is 2. The van der Waals surface area contributed by atoms with E-state index in [4.69, 9.17) is 12.2 Å². The van der Waals surface area contributed by atoms with Crippen LogP contribution >= 0.6 is 12.2 Å². The highest BCUT2D eigenvalue weighted by Crippen LogP contribution is 2.36. The van der Waals surface area contributed by atoms with Crippen LogP contribution in [-0.4, -0.2) is 29.5 Å². The third-order valence-electron chi connectivity index (χ3n) is 5.28. The van der Waals surface area contributed by atoms with Gasteiger partial charge < -0.3 is 14.8 Å². The minimum absolute atomic E-state index is 0.0392. The van der Waals surface area contributed by atoms with Crippen LogP contribution in [0.4, 0.5) is 0 Å². The van der Waals surface area contributed by atoms with E-state index in [-0.39, 0.29) is 11.5 Å². The average molecular weight is 439 g/mol. The molecule has 0 amide bonds. The van der Waals surface area contributed by atoms with Gasteiger partial charge in [-0.25, -0.2) is 0 Å². The third-order valence-corrected chi connectivity index (χ3v) is 5.55. The molecule has 31 heavy (non-hydrogen) atoms. The van der Waals surface area contributed by atoms with Crippen molar-refractivity contribution in [1.29, 1.82) is 0 Å². The maximum absolute atomic E-state index is 10.5. The largest absolute Gasteiger partial charge is 0.508 e. The molecule has 0 saturated carbocycles. The van der Waals surface area contributed by atoms with Crippen molar-refractivity contribution in [2.24, 2.45) is 0 Å². The Labute approximate surface area is 187 Å². The Kier molecular flexibility index (Phi) is 7.17. The molecule has 0 aliphatic rings. The predicted octanol–water partition coefficient (Wildman–Crippen LogP) is 6.35. The quantitative estimate of drug-likeness (QED) is 0.306. The summed E-state index contributed by atoms with van der Waals surface area (Å²) in [5.41, 5.74) is 3.29. The van der Waals surface area contributed by atoms with E-state index in [2.05, 4.69) is 40.0 Å². The van der Waals surface area contributed by atoms with E-state index in [0.29, 0.717) is 22.6 Å². The Morgan fingerprint density at radius 1 is 1.06 bits per heavy atom. The number of aromatic nitrogens is 4. The van der Waals surface area contributed by atoms with Crippen molar-refractivity contribution in [1.82, 2.24) is 19.3 Å². The van der Waals surface area contributed by atoms with Crippen molar-refractivity contribution in [3.05, 3.63) is 52.9 Å². The molecule has 0 atom stereocenters. The van der Waals surface area contributed by atoms with Crippen LogP contribution in [0.25, 0.3) is 28.0 Å². The zero-order valence-corrected chi connectivity index (χ0v) is 19.3. The highest BCUT2D eigenvalue weighted by atomic mass is 32.1. The Bertz CT molecular complexity index is 1240. The van der Waals surface area contributed by atoms with Gasteiger partial charge in [0.15, 0.2) is 10.6 Å². The molecule has 0 bridgehead atoms. The van der Waals surface area contributed by atoms with E-state index in [9.17, 15) is 10.2 Å². The first-order chi connectivity index (χ1) is 15.0. The van der Waals surface area contributed by atoms with Crippen molar-refractivity contribution in [3.63, 3.8) is 0 Å². The molecule has 4 aromatic rings. The van der Waals surface area contributed by atoms with Gasteiger partial charge in [0, 0.05) is 24.2 Å². The van der Waals surface area contributed by atoms with Crippen LogP contribution in [-0.2, 0) is 13.0 Å². The van der Waals surface area contributed by atoms with E-state index in [1.165, 1.54) is 6.07 Å². The second-order valence-electron chi connectivity index (χ2n) is 7.11. The van der Waals surface area contributed by atoms with Crippen LogP contribution < -0.4 is 0 Å². The lowest BCUT2D eigenvalue weighted by molar-refractivity contribution is 0.447. The van der Waals surface area contributed by atoms with Gasteiger partial charge in [-0.1, -0.05) is 40.2 Å². The smallest absolute Gasteiger partial charge is 0.200 e. The van der Waals surface area contributed by atoms with E-state index >= 15 is 0 Å². The Morgan fingerprint density at radius 3 is 2.55 bits per heavy atom. The Morgan fingerprint density at radius 2 is 1.84 bits per heavy atom. The molecule has 3 N–H and O–H groups in total. The molecule has 2 heterocycles. The second-order valence-corrected chi connectivity index (χ2v) is 7.50. The lowest BCUT2D eigenvalue weighted by Gasteiger charge is -2.12. The number of rotatable bonds is 6. The fraction of sp³-hybridized carbons (Fsp3) is 0.333. The fourth-order valence-corrected chi connectivity index (χ4v) is 3.94. The maximum Gasteiger partial charge on any atom is 0.200 e. The highest BCUT2D eigenvalue weighted by molar-refractivity contribution is 7.71. The van der Waals surface area contributed by atoms with E-state index in [0.717, 1.165) is 41.5 Å². The maximum atomic E-state index is 10.5. The number of benzene rings is 2. The minimum Gasteiger partial charge on any atom is -0.508 e. The van der Waals surface area contributed by atoms with Crippen molar-refractivity contribution in [3.8, 4) is 28.6 Å². The second kappa shape index (κ2) is 9.83. The van der Waals surface area contributed by atoms with Gasteiger partial charge >= 0.3 is 0 Å². The van der Waals surface area contributed by atoms with Crippen LogP contribution in [0.5, 0.6) is 11.5 Å². The number of nitrogens with one attached hydrogen (secondary N) is 1. The lowest BCUT2D eigenvalue weighted by atomic mass is 10.1. The molecule has 0 aliphatic carbocycles. The fourth-order valence-electron chi connectivity index (χ4n) is 3.71. The van der Waals surface area contributed by atoms with E-state index in [1.807, 2.05) is 37.5 Å². The van der Waals surface area contributed by atoms with Crippen molar-refractivity contribution in [2.75, 3.05) is 0 Å². The topological polar surface area (TPSA) is 79.0 Å². The summed E-state index contributed by atoms with van der Waals surface area (Å²) < 4.78 is 4.53. The number of aromatic amines is 1. The molecule has 4 rings (SSSR count). The first-order valence-electron chi connectivity index (χ1n) is 10.9. The van der Waals surface area contributed by atoms with Gasteiger partial charge in [0.25, 0.3) is 0 Å². The summed E-state index contributed by atoms with van der Waals surface area (Å²) in [7, 11) is 0. The Balaban J connectivity index is 0.00000132. The van der Waals surface area contributed by atoms with Gasteiger partial charge in [-0.15, -0.1) is 0 Å². The summed E-state index contributed by atoms with van der Waals surface area (Å²) in [5, 5.41) is 28.9. The van der Waals surface area contributed by atoms with Gasteiger partial charge in [-0.3, -0.25) is 9.67 Å². The number of unbranched alkanes of at least 4 members (excludes halogenated alkanes) is 1. The standard InChI is InChI=1S/C22H24N4O2S.C2H6/c1-3-5-10-25-11-9-15-17(25)7-6-8-18(15)26-21(23-24-22(26)29)16-12-14(4-2)19(27)13-20(16)28;1-2/h6-9,11-13,27-28H,3-5,10H2,1-2H3,(H,24,29);1-2H3. The summed E-state index contributed by atoms with van der Waals surface area (Å²) in [5.74, 6) is 0.545. The summed E-state index contributed by atoms with van der Waals surface area (Å²) in [4.78, 5) is 0. The molecular weight excluding hydrogens is 408 g/mol. The van der Waals surface area contributed by atoms with E-state index < -0.39 is 0 Å². The molecule has 0 radical (unpaired) electrons. The number of H-pyrrole nitrogens is 1. The van der Waals surface area contributed by atoms with Gasteiger partial charge in [-0.05, 0) is 54.9 Å².